The third-order valence-electron chi connectivity index (χ3n) is 6.62. The molecule has 4 saturated carbocycles. The van der Waals surface area contributed by atoms with Crippen LogP contribution in [0.4, 0.5) is 5.82 Å². The zero-order chi connectivity index (χ0) is 18.6. The predicted molar refractivity (Wildman–Crippen MR) is 102 cm³/mol. The summed E-state index contributed by atoms with van der Waals surface area (Å²) >= 11 is 0. The second-order valence-corrected chi connectivity index (χ2v) is 8.55. The number of carbonyl (C=O) groups is 1. The Balaban J connectivity index is 1.39. The number of nitrogen functional groups attached to an aromatic ring is 1. The Morgan fingerprint density at radius 1 is 1.15 bits per heavy atom. The van der Waals surface area contributed by atoms with E-state index in [1.54, 1.807) is 6.20 Å². The maximum absolute atomic E-state index is 13.0. The van der Waals surface area contributed by atoms with Crippen LogP contribution >= 0.6 is 0 Å². The third kappa shape index (κ3) is 2.88. The molecule has 0 aliphatic heterocycles. The molecule has 4 N–H and O–H groups in total. The monoisotopic (exact) mass is 364 g/mol. The normalized spacial score (nSPS) is 33.8. The molecular weight excluding hydrogens is 340 g/mol. The highest BCUT2D eigenvalue weighted by Gasteiger charge is 2.55. The summed E-state index contributed by atoms with van der Waals surface area (Å²) in [5.74, 6) is 1.18. The van der Waals surface area contributed by atoms with Crippen molar-refractivity contribution in [2.24, 2.45) is 17.8 Å². The quantitative estimate of drug-likeness (QED) is 0.776. The van der Waals surface area contributed by atoms with Gasteiger partial charge >= 0.3 is 0 Å². The first-order chi connectivity index (χ1) is 13.0. The molecule has 4 fully saturated rings. The van der Waals surface area contributed by atoms with Gasteiger partial charge in [0, 0.05) is 11.6 Å². The third-order valence-corrected chi connectivity index (χ3v) is 6.62. The minimum atomic E-state index is -0.510. The van der Waals surface area contributed by atoms with E-state index in [0.29, 0.717) is 23.4 Å². The van der Waals surface area contributed by atoms with E-state index in [9.17, 15) is 9.90 Å². The molecule has 6 rings (SSSR count). The molecule has 0 saturated heterocycles. The lowest BCUT2D eigenvalue weighted by molar-refractivity contribution is -0.136. The molecule has 2 unspecified atom stereocenters. The van der Waals surface area contributed by atoms with Crippen LogP contribution in [0.15, 0.2) is 36.5 Å². The number of rotatable bonds is 3. The van der Waals surface area contributed by atoms with Crippen molar-refractivity contribution in [1.29, 1.82) is 0 Å². The van der Waals surface area contributed by atoms with Crippen LogP contribution in [-0.4, -0.2) is 32.6 Å². The van der Waals surface area contributed by atoms with E-state index in [2.05, 4.69) is 15.3 Å². The molecule has 0 radical (unpaired) electrons. The average molecular weight is 364 g/mol. The Kier molecular flexibility index (Phi) is 3.72. The summed E-state index contributed by atoms with van der Waals surface area (Å²) in [6.45, 7) is 0. The molecule has 4 aliphatic rings. The Bertz CT molecular complexity index is 869. The summed E-state index contributed by atoms with van der Waals surface area (Å²) in [4.78, 5) is 21.6. The van der Waals surface area contributed by atoms with E-state index in [1.165, 1.54) is 0 Å². The molecular formula is C21H24N4O2. The minimum absolute atomic E-state index is 0.0934. The van der Waals surface area contributed by atoms with E-state index in [0.717, 1.165) is 37.7 Å². The minimum Gasteiger partial charge on any atom is -0.390 e. The number of amides is 1. The highest BCUT2D eigenvalue weighted by Crippen LogP contribution is 2.55. The number of hydrogen-bond donors (Lipinski definition) is 3. The van der Waals surface area contributed by atoms with Crippen molar-refractivity contribution in [3.05, 3.63) is 42.2 Å². The van der Waals surface area contributed by atoms with Crippen LogP contribution in [0, 0.1) is 17.8 Å². The van der Waals surface area contributed by atoms with Gasteiger partial charge in [-0.1, -0.05) is 30.3 Å². The number of hydrogen-bond acceptors (Lipinski definition) is 5. The molecule has 0 spiro atoms. The van der Waals surface area contributed by atoms with Crippen molar-refractivity contribution in [2.75, 3.05) is 5.73 Å². The van der Waals surface area contributed by atoms with Gasteiger partial charge in [0.05, 0.1) is 17.5 Å². The fourth-order valence-electron chi connectivity index (χ4n) is 5.75. The second-order valence-electron chi connectivity index (χ2n) is 8.55. The number of aromatic nitrogens is 2. The van der Waals surface area contributed by atoms with Crippen LogP contribution in [0.2, 0.25) is 0 Å². The average Bonchev–Trinajstić information content (AvgIpc) is 2.64. The lowest BCUT2D eigenvalue weighted by Crippen LogP contribution is -2.61. The number of nitrogens with two attached hydrogens (primary N) is 1. The van der Waals surface area contributed by atoms with Crippen LogP contribution in [0.25, 0.3) is 11.3 Å². The van der Waals surface area contributed by atoms with E-state index < -0.39 is 5.60 Å². The van der Waals surface area contributed by atoms with Gasteiger partial charge in [-0.05, 0) is 49.9 Å². The molecule has 6 nitrogen and oxygen atoms in total. The topological polar surface area (TPSA) is 101 Å². The van der Waals surface area contributed by atoms with Crippen molar-refractivity contribution >= 4 is 11.7 Å². The SMILES string of the molecule is Nc1ncc(-c2ccccc2)nc1C(=O)NC1C2CC3CC1CC(O)(C3)C2. The summed E-state index contributed by atoms with van der Waals surface area (Å²) in [6, 6.07) is 9.73. The van der Waals surface area contributed by atoms with Crippen molar-refractivity contribution in [3.63, 3.8) is 0 Å². The van der Waals surface area contributed by atoms with Gasteiger partial charge in [0.25, 0.3) is 5.91 Å². The second kappa shape index (κ2) is 6.02. The molecule has 4 aliphatic carbocycles. The maximum Gasteiger partial charge on any atom is 0.273 e. The number of benzene rings is 1. The summed E-state index contributed by atoms with van der Waals surface area (Å²) < 4.78 is 0. The van der Waals surface area contributed by atoms with Gasteiger partial charge in [0.2, 0.25) is 0 Å². The molecule has 1 amide bonds. The summed E-state index contributed by atoms with van der Waals surface area (Å²) in [5, 5.41) is 13.9. The van der Waals surface area contributed by atoms with Gasteiger partial charge in [-0.3, -0.25) is 4.79 Å². The zero-order valence-corrected chi connectivity index (χ0v) is 15.1. The number of nitrogens with one attached hydrogen (secondary N) is 1. The van der Waals surface area contributed by atoms with Gasteiger partial charge in [-0.15, -0.1) is 0 Å². The highest BCUT2D eigenvalue weighted by atomic mass is 16.3. The highest BCUT2D eigenvalue weighted by molar-refractivity contribution is 5.97. The van der Waals surface area contributed by atoms with E-state index in [-0.39, 0.29) is 23.5 Å². The molecule has 6 heteroatoms. The van der Waals surface area contributed by atoms with Gasteiger partial charge < -0.3 is 16.2 Å². The van der Waals surface area contributed by atoms with Crippen molar-refractivity contribution in [2.45, 2.75) is 43.7 Å². The first kappa shape index (κ1) is 16.7. The molecule has 140 valence electrons. The van der Waals surface area contributed by atoms with E-state index in [1.807, 2.05) is 30.3 Å². The van der Waals surface area contributed by atoms with Crippen LogP contribution < -0.4 is 11.1 Å². The zero-order valence-electron chi connectivity index (χ0n) is 15.1. The largest absolute Gasteiger partial charge is 0.390 e. The fraction of sp³-hybridized carbons (Fsp3) is 0.476. The number of aliphatic hydroxyl groups is 1. The first-order valence-electron chi connectivity index (χ1n) is 9.72. The van der Waals surface area contributed by atoms with Crippen molar-refractivity contribution < 1.29 is 9.90 Å². The van der Waals surface area contributed by atoms with Gasteiger partial charge in [-0.25, -0.2) is 9.97 Å². The van der Waals surface area contributed by atoms with Crippen LogP contribution in [-0.2, 0) is 0 Å². The summed E-state index contributed by atoms with van der Waals surface area (Å²) in [7, 11) is 0. The van der Waals surface area contributed by atoms with Crippen molar-refractivity contribution in [1.82, 2.24) is 15.3 Å². The van der Waals surface area contributed by atoms with Gasteiger partial charge in [0.1, 0.15) is 0 Å². The van der Waals surface area contributed by atoms with Crippen LogP contribution in [0.1, 0.15) is 42.6 Å². The molecule has 1 aromatic carbocycles. The number of anilines is 1. The first-order valence-corrected chi connectivity index (χ1v) is 9.72. The van der Waals surface area contributed by atoms with Crippen LogP contribution in [0.3, 0.4) is 0 Å². The molecule has 4 bridgehead atoms. The molecule has 1 aromatic heterocycles. The summed E-state index contributed by atoms with van der Waals surface area (Å²) in [6.07, 6.45) is 6.29. The smallest absolute Gasteiger partial charge is 0.273 e. The summed E-state index contributed by atoms with van der Waals surface area (Å²) in [5.41, 5.74) is 7.17. The standard InChI is InChI=1S/C21H24N4O2/c22-19-18(24-16(11-23-19)13-4-2-1-3-5-13)20(26)25-17-14-6-12-7-15(17)10-21(27,8-12)9-14/h1-5,11-12,14-15,17,27H,6-10H2,(H2,22,23)(H,25,26). The Morgan fingerprint density at radius 3 is 2.52 bits per heavy atom. The lowest BCUT2D eigenvalue weighted by atomic mass is 9.52. The van der Waals surface area contributed by atoms with Crippen LogP contribution in [0.5, 0.6) is 0 Å². The Morgan fingerprint density at radius 2 is 1.85 bits per heavy atom. The molecule has 1 heterocycles. The van der Waals surface area contributed by atoms with Gasteiger partial charge in [-0.2, -0.15) is 0 Å². The van der Waals surface area contributed by atoms with Gasteiger partial charge in [0.15, 0.2) is 11.5 Å². The fourth-order valence-corrected chi connectivity index (χ4v) is 5.75. The predicted octanol–water partition coefficient (Wildman–Crippen LogP) is 2.40. The Hall–Kier alpha value is -2.47. The van der Waals surface area contributed by atoms with Crippen molar-refractivity contribution in [3.8, 4) is 11.3 Å². The molecule has 2 aromatic rings. The van der Waals surface area contributed by atoms with E-state index in [4.69, 9.17) is 5.73 Å². The molecule has 27 heavy (non-hydrogen) atoms. The Labute approximate surface area is 158 Å². The lowest BCUT2D eigenvalue weighted by Gasteiger charge is -2.58. The molecule has 2 atom stereocenters. The number of nitrogens with zero attached hydrogens (tertiary/aromatic N) is 2. The maximum atomic E-state index is 13.0. The number of carbonyl (C=O) groups excluding carboxylic acids is 1. The van der Waals surface area contributed by atoms with E-state index >= 15 is 0 Å².